The molecule has 0 aromatic carbocycles. The van der Waals surface area contributed by atoms with Crippen LogP contribution in [-0.2, 0) is 9.09 Å². The van der Waals surface area contributed by atoms with E-state index in [1.807, 2.05) is 0 Å². The maximum atomic E-state index is 10.0. The SMILES string of the molecule is CCCCCCCCCCCCCCCCCCOP=O.[NaH]. The molecule has 0 fully saturated rings. The van der Waals surface area contributed by atoms with Crippen LogP contribution in [0.15, 0.2) is 0 Å². The van der Waals surface area contributed by atoms with Gasteiger partial charge in [0.25, 0.3) is 0 Å². The summed E-state index contributed by atoms with van der Waals surface area (Å²) in [6.07, 6.45) is 22.0. The van der Waals surface area contributed by atoms with Crippen molar-refractivity contribution < 1.29 is 9.09 Å². The Morgan fingerprint density at radius 1 is 0.591 bits per heavy atom. The Labute approximate surface area is 163 Å². The van der Waals surface area contributed by atoms with Crippen molar-refractivity contribution in [2.45, 2.75) is 110 Å². The van der Waals surface area contributed by atoms with Crippen LogP contribution < -0.4 is 0 Å². The molecule has 128 valence electrons. The number of hydrogen-bond donors (Lipinski definition) is 0. The summed E-state index contributed by atoms with van der Waals surface area (Å²) < 4.78 is 14.8. The second-order valence-corrected chi connectivity index (χ2v) is 6.62. The normalized spacial score (nSPS) is 10.8. The molecule has 4 heteroatoms. The van der Waals surface area contributed by atoms with Crippen molar-refractivity contribution in [2.24, 2.45) is 0 Å². The average Bonchev–Trinajstić information content (AvgIpc) is 2.50. The van der Waals surface area contributed by atoms with Crippen molar-refractivity contribution in [1.29, 1.82) is 0 Å². The van der Waals surface area contributed by atoms with Gasteiger partial charge in [-0.05, 0) is 6.42 Å². The summed E-state index contributed by atoms with van der Waals surface area (Å²) in [4.78, 5) is 0. The topological polar surface area (TPSA) is 26.3 Å². The zero-order chi connectivity index (χ0) is 15.4. The van der Waals surface area contributed by atoms with Crippen molar-refractivity contribution >= 4 is 38.2 Å². The summed E-state index contributed by atoms with van der Waals surface area (Å²) in [5.41, 5.74) is 0. The van der Waals surface area contributed by atoms with E-state index in [9.17, 15) is 4.57 Å². The molecule has 0 N–H and O–H groups in total. The average molecular weight is 340 g/mol. The van der Waals surface area contributed by atoms with Gasteiger partial charge in [-0.25, -0.2) is 4.57 Å². The molecular formula is C18H38NaO2P. The van der Waals surface area contributed by atoms with Crippen molar-refractivity contribution in [3.8, 4) is 0 Å². The molecule has 0 saturated carbocycles. The zero-order valence-corrected chi connectivity index (χ0v) is 15.2. The molecule has 0 aliphatic carbocycles. The third-order valence-corrected chi connectivity index (χ3v) is 4.43. The van der Waals surface area contributed by atoms with Crippen LogP contribution in [0, 0.1) is 0 Å². The van der Waals surface area contributed by atoms with Crippen LogP contribution >= 0.6 is 8.69 Å². The van der Waals surface area contributed by atoms with E-state index in [-0.39, 0.29) is 38.2 Å². The molecule has 0 spiro atoms. The fourth-order valence-electron chi connectivity index (χ4n) is 2.75. The first-order chi connectivity index (χ1) is 10.4. The van der Waals surface area contributed by atoms with Gasteiger partial charge in [0.2, 0.25) is 0 Å². The standard InChI is InChI=1S/C18H37O2P.Na.H/c1-2-3-4-5-6-7-8-9-10-11-12-13-14-15-16-17-18-20-21-19;;/h2-18H2,1H3;;. The van der Waals surface area contributed by atoms with Gasteiger partial charge in [0.15, 0.2) is 0 Å². The maximum absolute atomic E-state index is 10.0. The number of rotatable bonds is 18. The predicted octanol–water partition coefficient (Wildman–Crippen LogP) is 6.82. The van der Waals surface area contributed by atoms with Gasteiger partial charge in [0, 0.05) is 0 Å². The van der Waals surface area contributed by atoms with E-state index in [0.29, 0.717) is 6.61 Å². The van der Waals surface area contributed by atoms with Crippen LogP contribution in [0.2, 0.25) is 0 Å². The summed E-state index contributed by atoms with van der Waals surface area (Å²) in [7, 11) is -0.171. The van der Waals surface area contributed by atoms with Gasteiger partial charge >= 0.3 is 38.2 Å². The molecule has 0 unspecified atom stereocenters. The Morgan fingerprint density at radius 2 is 0.909 bits per heavy atom. The van der Waals surface area contributed by atoms with Gasteiger partial charge < -0.3 is 0 Å². The summed E-state index contributed by atoms with van der Waals surface area (Å²) in [5, 5.41) is 0. The van der Waals surface area contributed by atoms with Crippen molar-refractivity contribution in [1.82, 2.24) is 0 Å². The van der Waals surface area contributed by atoms with E-state index in [1.54, 1.807) is 0 Å². The fourth-order valence-corrected chi connectivity index (χ4v) is 2.96. The van der Waals surface area contributed by atoms with Gasteiger partial charge in [-0.3, -0.25) is 4.52 Å². The summed E-state index contributed by atoms with van der Waals surface area (Å²) in [6.45, 7) is 2.92. The third kappa shape index (κ3) is 23.3. The van der Waals surface area contributed by atoms with Crippen molar-refractivity contribution in [2.75, 3.05) is 6.61 Å². The zero-order valence-electron chi connectivity index (χ0n) is 14.3. The summed E-state index contributed by atoms with van der Waals surface area (Å²) >= 11 is 0. The third-order valence-electron chi connectivity index (χ3n) is 4.14. The molecule has 0 radical (unpaired) electrons. The van der Waals surface area contributed by atoms with Gasteiger partial charge in [-0.2, -0.15) is 0 Å². The monoisotopic (exact) mass is 340 g/mol. The first-order valence-corrected chi connectivity index (χ1v) is 10.1. The minimum atomic E-state index is -0.171. The number of unbranched alkanes of at least 4 members (excludes halogenated alkanes) is 15. The van der Waals surface area contributed by atoms with E-state index >= 15 is 0 Å². The predicted molar refractivity (Wildman–Crippen MR) is 100 cm³/mol. The van der Waals surface area contributed by atoms with Gasteiger partial charge in [-0.15, -0.1) is 0 Å². The van der Waals surface area contributed by atoms with E-state index in [0.717, 1.165) is 6.42 Å². The molecule has 0 amide bonds. The molecule has 0 heterocycles. The Morgan fingerprint density at radius 3 is 1.23 bits per heavy atom. The molecule has 0 aliphatic rings. The van der Waals surface area contributed by atoms with Crippen LogP contribution in [0.5, 0.6) is 0 Å². The second kappa shape index (κ2) is 24.3. The van der Waals surface area contributed by atoms with E-state index in [4.69, 9.17) is 4.52 Å². The fraction of sp³-hybridized carbons (Fsp3) is 1.00. The minimum absolute atomic E-state index is 0. The first kappa shape index (κ1) is 25.3. The molecule has 0 aromatic heterocycles. The molecule has 0 aliphatic heterocycles. The second-order valence-electron chi connectivity index (χ2n) is 6.21. The van der Waals surface area contributed by atoms with Crippen LogP contribution in [-0.4, -0.2) is 36.2 Å². The number of hydrogen-bond acceptors (Lipinski definition) is 2. The summed E-state index contributed by atoms with van der Waals surface area (Å²) in [6, 6.07) is 0. The molecule has 0 saturated heterocycles. The molecule has 0 atom stereocenters. The molecule has 0 bridgehead atoms. The Balaban J connectivity index is 0. The quantitative estimate of drug-likeness (QED) is 0.155. The molecule has 2 nitrogen and oxygen atoms in total. The first-order valence-electron chi connectivity index (χ1n) is 9.36. The van der Waals surface area contributed by atoms with Crippen LogP contribution in [0.25, 0.3) is 0 Å². The van der Waals surface area contributed by atoms with Crippen LogP contribution in [0.1, 0.15) is 110 Å². The van der Waals surface area contributed by atoms with Gasteiger partial charge in [-0.1, -0.05) is 103 Å². The van der Waals surface area contributed by atoms with Gasteiger partial charge in [0.1, 0.15) is 0 Å². The van der Waals surface area contributed by atoms with Gasteiger partial charge in [0.05, 0.1) is 6.61 Å². The van der Waals surface area contributed by atoms with Crippen molar-refractivity contribution in [3.05, 3.63) is 0 Å². The van der Waals surface area contributed by atoms with E-state index < -0.39 is 0 Å². The van der Waals surface area contributed by atoms with Crippen LogP contribution in [0.4, 0.5) is 0 Å². The molecule has 0 rings (SSSR count). The van der Waals surface area contributed by atoms with Crippen molar-refractivity contribution in [3.63, 3.8) is 0 Å². The Bertz CT molecular complexity index is 204. The summed E-state index contributed by atoms with van der Waals surface area (Å²) in [5.74, 6) is 0. The molecular weight excluding hydrogens is 302 g/mol. The van der Waals surface area contributed by atoms with Crippen LogP contribution in [0.3, 0.4) is 0 Å². The van der Waals surface area contributed by atoms with E-state index in [2.05, 4.69) is 6.92 Å². The molecule has 0 aromatic rings. The molecule has 22 heavy (non-hydrogen) atoms. The Kier molecular flexibility index (Phi) is 28.0. The Hall–Kier alpha value is 1.06. The van der Waals surface area contributed by atoms with E-state index in [1.165, 1.54) is 96.3 Å².